The molecular weight excluding hydrogens is 632 g/mol. The molecule has 3 heterocycles. The molecule has 2 aromatic rings. The van der Waals surface area contributed by atoms with Crippen LogP contribution in [-0.4, -0.2) is 110 Å². The van der Waals surface area contributed by atoms with Crippen LogP contribution in [0.3, 0.4) is 0 Å². The molecule has 2 atom stereocenters. The van der Waals surface area contributed by atoms with Gasteiger partial charge in [0.1, 0.15) is 5.75 Å². The molecule has 5 rings (SSSR count). The van der Waals surface area contributed by atoms with E-state index in [1.54, 1.807) is 38.4 Å². The van der Waals surface area contributed by atoms with Crippen LogP contribution in [0.2, 0.25) is 0 Å². The standard InChI is InChI=1S/C35H44F4N4O5/c1-40(2)31(44)14-15-41-21-29(24-4-7-27(48-3)8-5-24)34(36,22-41)33(47)43-18-10-23(11-19-43)28-9-6-26(35(37,38)39)20-30(28)42-16-12-25(13-17-42)32(45)46/h4-9,20,23,25,29H,10-19,21-22H2,1-3H3,(H,45,46)/t29-,34-/m0/s1. The van der Waals surface area contributed by atoms with Crippen molar-refractivity contribution in [3.63, 3.8) is 0 Å². The number of likely N-dealkylation sites (tertiary alicyclic amines) is 2. The molecule has 2 amide bonds. The molecule has 0 radical (unpaired) electrons. The van der Waals surface area contributed by atoms with Crippen LogP contribution in [0.4, 0.5) is 23.2 Å². The molecule has 0 spiro atoms. The van der Waals surface area contributed by atoms with Gasteiger partial charge in [0.25, 0.3) is 5.91 Å². The quantitative estimate of drug-likeness (QED) is 0.374. The molecule has 13 heteroatoms. The van der Waals surface area contributed by atoms with Crippen molar-refractivity contribution < 1.29 is 41.8 Å². The second-order valence-electron chi connectivity index (χ2n) is 13.4. The van der Waals surface area contributed by atoms with Gasteiger partial charge in [0, 0.05) is 77.9 Å². The van der Waals surface area contributed by atoms with Crippen molar-refractivity contribution in [2.24, 2.45) is 5.92 Å². The van der Waals surface area contributed by atoms with Crippen LogP contribution in [0.5, 0.6) is 5.75 Å². The van der Waals surface area contributed by atoms with E-state index in [0.29, 0.717) is 62.3 Å². The van der Waals surface area contributed by atoms with Gasteiger partial charge in [-0.1, -0.05) is 18.2 Å². The third kappa shape index (κ3) is 7.55. The smallest absolute Gasteiger partial charge is 0.416 e. The van der Waals surface area contributed by atoms with Gasteiger partial charge in [-0.05, 0) is 67.0 Å². The molecule has 0 bridgehead atoms. The summed E-state index contributed by atoms with van der Waals surface area (Å²) in [5.41, 5.74) is -1.18. The number of carboxylic acid groups (broad SMARTS) is 1. The number of hydrogen-bond acceptors (Lipinski definition) is 6. The zero-order chi connectivity index (χ0) is 34.8. The van der Waals surface area contributed by atoms with E-state index >= 15 is 4.39 Å². The second kappa shape index (κ2) is 14.3. The average molecular weight is 677 g/mol. The number of carboxylic acids is 1. The Hall–Kier alpha value is -3.87. The van der Waals surface area contributed by atoms with Crippen LogP contribution in [0.25, 0.3) is 0 Å². The Kier molecular flexibility index (Phi) is 10.6. The van der Waals surface area contributed by atoms with Gasteiger partial charge in [-0.25, -0.2) is 4.39 Å². The maximum absolute atomic E-state index is 17.2. The van der Waals surface area contributed by atoms with Gasteiger partial charge in [-0.3, -0.25) is 19.3 Å². The number of ether oxygens (including phenoxy) is 1. The summed E-state index contributed by atoms with van der Waals surface area (Å²) in [5, 5.41) is 9.41. The molecule has 9 nitrogen and oxygen atoms in total. The number of piperidine rings is 2. The van der Waals surface area contributed by atoms with E-state index < -0.39 is 41.1 Å². The van der Waals surface area contributed by atoms with Crippen molar-refractivity contribution >= 4 is 23.5 Å². The number of anilines is 1. The lowest BCUT2D eigenvalue weighted by atomic mass is 9.83. The highest BCUT2D eigenvalue weighted by Gasteiger charge is 2.55. The predicted molar refractivity (Wildman–Crippen MR) is 172 cm³/mol. The van der Waals surface area contributed by atoms with Crippen molar-refractivity contribution in [2.75, 3.05) is 71.9 Å². The number of nitrogens with zero attached hydrogens (tertiary/aromatic N) is 4. The lowest BCUT2D eigenvalue weighted by Gasteiger charge is -2.39. The van der Waals surface area contributed by atoms with Gasteiger partial charge in [0.05, 0.1) is 18.6 Å². The zero-order valence-electron chi connectivity index (χ0n) is 27.6. The fourth-order valence-corrected chi connectivity index (χ4v) is 7.34. The Morgan fingerprint density at radius 3 is 2.19 bits per heavy atom. The van der Waals surface area contributed by atoms with Gasteiger partial charge in [0.15, 0.2) is 0 Å². The first-order valence-corrected chi connectivity index (χ1v) is 16.4. The highest BCUT2D eigenvalue weighted by Crippen LogP contribution is 2.44. The highest BCUT2D eigenvalue weighted by atomic mass is 19.4. The Balaban J connectivity index is 1.33. The van der Waals surface area contributed by atoms with Crippen molar-refractivity contribution in [1.82, 2.24) is 14.7 Å². The van der Waals surface area contributed by atoms with E-state index in [1.165, 1.54) is 23.0 Å². The summed E-state index contributed by atoms with van der Waals surface area (Å²) in [6.07, 6.45) is -2.77. The number of amides is 2. The van der Waals surface area contributed by atoms with Crippen LogP contribution in [0, 0.1) is 5.92 Å². The number of rotatable bonds is 9. The first-order valence-electron chi connectivity index (χ1n) is 16.4. The Bertz CT molecular complexity index is 1470. The molecule has 1 N–H and O–H groups in total. The largest absolute Gasteiger partial charge is 0.497 e. The lowest BCUT2D eigenvalue weighted by Crippen LogP contribution is -2.52. The average Bonchev–Trinajstić information content (AvgIpc) is 3.43. The zero-order valence-corrected chi connectivity index (χ0v) is 27.6. The summed E-state index contributed by atoms with van der Waals surface area (Å²) in [5.74, 6) is -2.45. The van der Waals surface area contributed by atoms with Crippen LogP contribution in [0.1, 0.15) is 60.6 Å². The number of carbonyl (C=O) groups is 3. The third-order valence-corrected chi connectivity index (χ3v) is 10.2. The minimum Gasteiger partial charge on any atom is -0.497 e. The van der Waals surface area contributed by atoms with E-state index in [-0.39, 0.29) is 44.4 Å². The molecule has 0 aromatic heterocycles. The first-order chi connectivity index (χ1) is 22.7. The summed E-state index contributed by atoms with van der Waals surface area (Å²) >= 11 is 0. The number of alkyl halides is 4. The van der Waals surface area contributed by atoms with Crippen LogP contribution in [-0.2, 0) is 20.6 Å². The molecule has 0 aliphatic carbocycles. The molecule has 262 valence electrons. The molecule has 48 heavy (non-hydrogen) atoms. The fourth-order valence-electron chi connectivity index (χ4n) is 7.34. The molecule has 2 aromatic carbocycles. The molecule has 0 unspecified atom stereocenters. The topological polar surface area (TPSA) is 93.6 Å². The van der Waals surface area contributed by atoms with Crippen molar-refractivity contribution in [3.05, 3.63) is 59.2 Å². The van der Waals surface area contributed by atoms with Crippen LogP contribution >= 0.6 is 0 Å². The monoisotopic (exact) mass is 676 g/mol. The van der Waals surface area contributed by atoms with Crippen molar-refractivity contribution in [3.8, 4) is 5.75 Å². The van der Waals surface area contributed by atoms with Crippen molar-refractivity contribution in [1.29, 1.82) is 0 Å². The number of carbonyl (C=O) groups excluding carboxylic acids is 2. The molecule has 3 saturated heterocycles. The normalized spacial score (nSPS) is 22.9. The molecule has 3 aliphatic heterocycles. The van der Waals surface area contributed by atoms with Gasteiger partial charge in [0.2, 0.25) is 11.6 Å². The highest BCUT2D eigenvalue weighted by molar-refractivity contribution is 5.87. The molecule has 0 saturated carbocycles. The lowest BCUT2D eigenvalue weighted by molar-refractivity contribution is -0.145. The summed E-state index contributed by atoms with van der Waals surface area (Å²) in [4.78, 5) is 44.5. The van der Waals surface area contributed by atoms with E-state index in [9.17, 15) is 32.7 Å². The summed E-state index contributed by atoms with van der Waals surface area (Å²) in [6, 6.07) is 10.7. The Morgan fingerprint density at radius 1 is 0.979 bits per heavy atom. The molecular formula is C35H44F4N4O5. The fraction of sp³-hybridized carbons (Fsp3) is 0.571. The number of methoxy groups -OCH3 is 1. The second-order valence-corrected chi connectivity index (χ2v) is 13.4. The Morgan fingerprint density at radius 2 is 1.62 bits per heavy atom. The minimum absolute atomic E-state index is 0.0883. The van der Waals surface area contributed by atoms with E-state index in [1.807, 2.05) is 9.80 Å². The number of halogens is 4. The third-order valence-electron chi connectivity index (χ3n) is 10.2. The molecule has 3 fully saturated rings. The maximum Gasteiger partial charge on any atom is 0.416 e. The van der Waals surface area contributed by atoms with Gasteiger partial charge < -0.3 is 24.5 Å². The summed E-state index contributed by atoms with van der Waals surface area (Å²) in [6.45, 7) is 1.56. The first kappa shape index (κ1) is 35.4. The van der Waals surface area contributed by atoms with E-state index in [4.69, 9.17) is 4.74 Å². The maximum atomic E-state index is 17.2. The summed E-state index contributed by atoms with van der Waals surface area (Å²) < 4.78 is 63.7. The van der Waals surface area contributed by atoms with E-state index in [0.717, 1.165) is 17.7 Å². The van der Waals surface area contributed by atoms with E-state index in [2.05, 4.69) is 0 Å². The number of hydrogen-bond donors (Lipinski definition) is 1. The Labute approximate surface area is 278 Å². The van der Waals surface area contributed by atoms with Crippen LogP contribution in [0.15, 0.2) is 42.5 Å². The number of benzene rings is 2. The molecule has 3 aliphatic rings. The van der Waals surface area contributed by atoms with Gasteiger partial charge in [-0.2, -0.15) is 13.2 Å². The minimum atomic E-state index is -4.53. The number of aliphatic carboxylic acids is 1. The predicted octanol–water partition coefficient (Wildman–Crippen LogP) is 5.01. The SMILES string of the molecule is COc1ccc([C@@H]2CN(CCC(=O)N(C)C)C[C@@]2(F)C(=O)N2CCC(c3ccc(C(F)(F)F)cc3N3CCC(C(=O)O)CC3)CC2)cc1. The van der Waals surface area contributed by atoms with Gasteiger partial charge >= 0.3 is 12.1 Å². The van der Waals surface area contributed by atoms with Gasteiger partial charge in [-0.15, -0.1) is 0 Å². The van der Waals surface area contributed by atoms with Crippen LogP contribution < -0.4 is 9.64 Å². The summed E-state index contributed by atoms with van der Waals surface area (Å²) in [7, 11) is 4.86. The van der Waals surface area contributed by atoms with Crippen molar-refractivity contribution in [2.45, 2.75) is 55.8 Å².